The molecule has 1 N–H and O–H groups in total. The molecular formula is C17H18N2O2. The van der Waals surface area contributed by atoms with Crippen molar-refractivity contribution in [1.82, 2.24) is 4.98 Å². The van der Waals surface area contributed by atoms with E-state index in [9.17, 15) is 0 Å². The van der Waals surface area contributed by atoms with Gasteiger partial charge in [0.1, 0.15) is 5.52 Å². The quantitative estimate of drug-likeness (QED) is 0.771. The van der Waals surface area contributed by atoms with Gasteiger partial charge < -0.3 is 14.5 Å². The molecule has 2 aromatic carbocycles. The number of rotatable bonds is 5. The van der Waals surface area contributed by atoms with Gasteiger partial charge in [-0.25, -0.2) is 4.98 Å². The maximum atomic E-state index is 5.48. The lowest BCUT2D eigenvalue weighted by atomic mass is 10.1. The number of anilines is 1. The van der Waals surface area contributed by atoms with Crippen molar-refractivity contribution in [2.24, 2.45) is 0 Å². The van der Waals surface area contributed by atoms with Gasteiger partial charge in [-0.1, -0.05) is 24.3 Å². The maximum absolute atomic E-state index is 5.48. The topological polar surface area (TPSA) is 47.3 Å². The van der Waals surface area contributed by atoms with Crippen LogP contribution in [0.3, 0.4) is 0 Å². The van der Waals surface area contributed by atoms with Crippen LogP contribution in [0.1, 0.15) is 17.0 Å². The number of fused-ring (bicyclic) bond motifs is 1. The molecule has 0 saturated heterocycles. The van der Waals surface area contributed by atoms with Crippen molar-refractivity contribution in [2.75, 3.05) is 12.4 Å². The molecule has 0 unspecified atom stereocenters. The Kier molecular flexibility index (Phi) is 3.88. The van der Waals surface area contributed by atoms with E-state index in [1.807, 2.05) is 37.3 Å². The minimum absolute atomic E-state index is 0.624. The summed E-state index contributed by atoms with van der Waals surface area (Å²) in [7, 11) is 1.71. The lowest BCUT2D eigenvalue weighted by molar-refractivity contribution is 0.184. The lowest BCUT2D eigenvalue weighted by Gasteiger charge is -2.10. The van der Waals surface area contributed by atoms with Crippen LogP contribution in [0, 0.1) is 6.92 Å². The first kappa shape index (κ1) is 13.6. The van der Waals surface area contributed by atoms with Crippen molar-refractivity contribution in [3.63, 3.8) is 0 Å². The summed E-state index contributed by atoms with van der Waals surface area (Å²) in [6.45, 7) is 3.23. The van der Waals surface area contributed by atoms with Crippen molar-refractivity contribution in [3.8, 4) is 0 Å². The molecule has 0 saturated carbocycles. The van der Waals surface area contributed by atoms with E-state index in [0.29, 0.717) is 12.5 Å². The van der Waals surface area contributed by atoms with E-state index in [4.69, 9.17) is 9.15 Å². The van der Waals surface area contributed by atoms with Crippen LogP contribution in [0.15, 0.2) is 46.9 Å². The van der Waals surface area contributed by atoms with Crippen molar-refractivity contribution >= 4 is 16.8 Å². The van der Waals surface area contributed by atoms with Gasteiger partial charge in [-0.3, -0.25) is 0 Å². The predicted molar refractivity (Wildman–Crippen MR) is 83.2 cm³/mol. The van der Waals surface area contributed by atoms with E-state index < -0.39 is 0 Å². The molecular weight excluding hydrogens is 264 g/mol. The Hall–Kier alpha value is -2.33. The first-order valence-electron chi connectivity index (χ1n) is 6.93. The van der Waals surface area contributed by atoms with Crippen molar-refractivity contribution < 1.29 is 9.15 Å². The highest BCUT2D eigenvalue weighted by atomic mass is 16.5. The highest BCUT2D eigenvalue weighted by molar-refractivity contribution is 5.77. The Labute approximate surface area is 123 Å². The number of oxazole rings is 1. The first-order valence-corrected chi connectivity index (χ1v) is 6.93. The molecule has 0 radical (unpaired) electrons. The molecule has 3 rings (SSSR count). The summed E-state index contributed by atoms with van der Waals surface area (Å²) in [5, 5.41) is 3.42. The largest absolute Gasteiger partial charge is 0.441 e. The summed E-state index contributed by atoms with van der Waals surface area (Å²) in [6, 6.07) is 14.2. The minimum atomic E-state index is 0.624. The zero-order chi connectivity index (χ0) is 14.7. The number of hydrogen-bond donors (Lipinski definition) is 1. The predicted octanol–water partition coefficient (Wildman–Crippen LogP) is 3.89. The Bertz CT molecular complexity index is 749. The van der Waals surface area contributed by atoms with Crippen LogP contribution < -0.4 is 5.32 Å². The Morgan fingerprint density at radius 3 is 2.76 bits per heavy atom. The van der Waals surface area contributed by atoms with Crippen LogP contribution in [-0.2, 0) is 17.9 Å². The van der Waals surface area contributed by atoms with Gasteiger partial charge in [-0.15, -0.1) is 0 Å². The number of aromatic nitrogens is 1. The molecule has 0 aliphatic heterocycles. The maximum Gasteiger partial charge on any atom is 0.192 e. The van der Waals surface area contributed by atoms with Crippen molar-refractivity contribution in [2.45, 2.75) is 20.1 Å². The van der Waals surface area contributed by atoms with Gasteiger partial charge in [-0.2, -0.15) is 0 Å². The molecule has 21 heavy (non-hydrogen) atoms. The fourth-order valence-corrected chi connectivity index (χ4v) is 2.38. The third kappa shape index (κ3) is 3.06. The molecule has 1 aromatic heterocycles. The molecule has 4 heteroatoms. The van der Waals surface area contributed by atoms with E-state index >= 15 is 0 Å². The zero-order valence-electron chi connectivity index (χ0n) is 12.2. The van der Waals surface area contributed by atoms with Crippen LogP contribution >= 0.6 is 0 Å². The van der Waals surface area contributed by atoms with Crippen molar-refractivity contribution in [3.05, 3.63) is 59.5 Å². The fraction of sp³-hybridized carbons (Fsp3) is 0.235. The van der Waals surface area contributed by atoms with E-state index in [-0.39, 0.29) is 0 Å². The monoisotopic (exact) mass is 282 g/mol. The van der Waals surface area contributed by atoms with Gasteiger partial charge in [0, 0.05) is 26.3 Å². The van der Waals surface area contributed by atoms with Gasteiger partial charge >= 0.3 is 0 Å². The van der Waals surface area contributed by atoms with Gasteiger partial charge in [-0.05, 0) is 29.3 Å². The minimum Gasteiger partial charge on any atom is -0.441 e. The summed E-state index contributed by atoms with van der Waals surface area (Å²) >= 11 is 0. The second-order valence-electron chi connectivity index (χ2n) is 4.97. The summed E-state index contributed by atoms with van der Waals surface area (Å²) in [4.78, 5) is 4.35. The Balaban J connectivity index is 1.76. The van der Waals surface area contributed by atoms with Crippen LogP contribution in [0.5, 0.6) is 0 Å². The smallest absolute Gasteiger partial charge is 0.192 e. The second kappa shape index (κ2) is 5.97. The van der Waals surface area contributed by atoms with Crippen LogP contribution in [0.25, 0.3) is 11.1 Å². The van der Waals surface area contributed by atoms with Gasteiger partial charge in [0.2, 0.25) is 0 Å². The SMILES string of the molecule is COCc1ccccc1CNc1ccc2oc(C)nc2c1. The van der Waals surface area contributed by atoms with E-state index in [1.54, 1.807) is 7.11 Å². The molecule has 3 aromatic rings. The third-order valence-electron chi connectivity index (χ3n) is 3.40. The average molecular weight is 282 g/mol. The van der Waals surface area contributed by atoms with Gasteiger partial charge in [0.25, 0.3) is 0 Å². The number of methoxy groups -OCH3 is 1. The molecule has 0 spiro atoms. The molecule has 0 fully saturated rings. The molecule has 0 bridgehead atoms. The Morgan fingerprint density at radius 1 is 1.14 bits per heavy atom. The van der Waals surface area contributed by atoms with E-state index in [0.717, 1.165) is 23.3 Å². The number of ether oxygens (including phenoxy) is 1. The highest BCUT2D eigenvalue weighted by Gasteiger charge is 2.04. The van der Waals surface area contributed by atoms with Crippen LogP contribution in [-0.4, -0.2) is 12.1 Å². The normalized spacial score (nSPS) is 11.0. The molecule has 0 atom stereocenters. The molecule has 0 amide bonds. The lowest BCUT2D eigenvalue weighted by Crippen LogP contribution is -2.03. The molecule has 0 aliphatic carbocycles. The Morgan fingerprint density at radius 2 is 1.95 bits per heavy atom. The number of nitrogens with one attached hydrogen (secondary N) is 1. The molecule has 108 valence electrons. The zero-order valence-corrected chi connectivity index (χ0v) is 12.2. The average Bonchev–Trinajstić information content (AvgIpc) is 2.86. The number of aryl methyl sites for hydroxylation is 1. The molecule has 4 nitrogen and oxygen atoms in total. The van der Waals surface area contributed by atoms with Gasteiger partial charge in [0.15, 0.2) is 11.5 Å². The van der Waals surface area contributed by atoms with E-state index in [2.05, 4.69) is 22.4 Å². The van der Waals surface area contributed by atoms with Crippen LogP contribution in [0.2, 0.25) is 0 Å². The standard InChI is InChI=1S/C17H18N2O2/c1-12-19-16-9-15(7-8-17(16)21-12)18-10-13-5-3-4-6-14(13)11-20-2/h3-9,18H,10-11H2,1-2H3. The third-order valence-corrected chi connectivity index (χ3v) is 3.40. The number of benzene rings is 2. The number of hydrogen-bond acceptors (Lipinski definition) is 4. The molecule has 0 aliphatic rings. The summed E-state index contributed by atoms with van der Waals surface area (Å²) in [5.74, 6) is 0.688. The van der Waals surface area contributed by atoms with E-state index in [1.165, 1.54) is 11.1 Å². The number of nitrogens with zero attached hydrogens (tertiary/aromatic N) is 1. The first-order chi connectivity index (χ1) is 10.3. The summed E-state index contributed by atoms with van der Waals surface area (Å²) in [6.07, 6.45) is 0. The highest BCUT2D eigenvalue weighted by Crippen LogP contribution is 2.20. The van der Waals surface area contributed by atoms with Gasteiger partial charge in [0.05, 0.1) is 6.61 Å². The summed E-state index contributed by atoms with van der Waals surface area (Å²) in [5.41, 5.74) is 5.16. The molecule has 1 heterocycles. The van der Waals surface area contributed by atoms with Crippen molar-refractivity contribution in [1.29, 1.82) is 0 Å². The second-order valence-corrected chi connectivity index (χ2v) is 4.97. The van der Waals surface area contributed by atoms with Crippen LogP contribution in [0.4, 0.5) is 5.69 Å². The fourth-order valence-electron chi connectivity index (χ4n) is 2.38. The summed E-state index contributed by atoms with van der Waals surface area (Å²) < 4.78 is 10.7.